The van der Waals surface area contributed by atoms with Crippen molar-refractivity contribution in [2.75, 3.05) is 13.1 Å². The minimum atomic E-state index is -0.138. The molecule has 0 bridgehead atoms. The van der Waals surface area contributed by atoms with E-state index in [1.807, 2.05) is 0 Å². The van der Waals surface area contributed by atoms with Crippen LogP contribution in [0.1, 0.15) is 52.4 Å². The zero-order valence-electron chi connectivity index (χ0n) is 12.0. The molecule has 3 N–H and O–H groups in total. The van der Waals surface area contributed by atoms with Crippen LogP contribution in [-0.4, -0.2) is 41.3 Å². The molecule has 4 unspecified atom stereocenters. The third-order valence-corrected chi connectivity index (χ3v) is 5.08. The molecule has 2 fully saturated rings. The van der Waals surface area contributed by atoms with Crippen LogP contribution in [0.4, 0.5) is 0 Å². The van der Waals surface area contributed by atoms with Gasteiger partial charge >= 0.3 is 0 Å². The van der Waals surface area contributed by atoms with Gasteiger partial charge in [-0.3, -0.25) is 4.90 Å². The van der Waals surface area contributed by atoms with Crippen LogP contribution in [-0.2, 0) is 0 Å². The lowest BCUT2D eigenvalue weighted by Gasteiger charge is -2.45. The second-order valence-electron chi connectivity index (χ2n) is 6.55. The Labute approximate surface area is 112 Å². The molecule has 0 aromatic carbocycles. The zero-order valence-corrected chi connectivity index (χ0v) is 12.0. The predicted octanol–water partition coefficient (Wildman–Crippen LogP) is 1.99. The van der Waals surface area contributed by atoms with Crippen LogP contribution < -0.4 is 5.73 Å². The van der Waals surface area contributed by atoms with Gasteiger partial charge in [0.2, 0.25) is 0 Å². The van der Waals surface area contributed by atoms with Gasteiger partial charge in [0.1, 0.15) is 0 Å². The molecule has 0 amide bonds. The van der Waals surface area contributed by atoms with Gasteiger partial charge in [-0.05, 0) is 50.9 Å². The Hall–Kier alpha value is -0.120. The Balaban J connectivity index is 1.86. The highest BCUT2D eigenvalue weighted by Crippen LogP contribution is 2.34. The summed E-state index contributed by atoms with van der Waals surface area (Å²) in [7, 11) is 0. The quantitative estimate of drug-likeness (QED) is 0.789. The maximum atomic E-state index is 9.83. The van der Waals surface area contributed by atoms with E-state index in [-0.39, 0.29) is 6.10 Å². The first-order valence-corrected chi connectivity index (χ1v) is 7.77. The molecule has 3 nitrogen and oxygen atoms in total. The Morgan fingerprint density at radius 1 is 1.33 bits per heavy atom. The molecule has 1 saturated carbocycles. The van der Waals surface area contributed by atoms with E-state index in [2.05, 4.69) is 18.7 Å². The molecule has 1 saturated heterocycles. The molecule has 18 heavy (non-hydrogen) atoms. The van der Waals surface area contributed by atoms with Crippen molar-refractivity contribution in [3.8, 4) is 0 Å². The lowest BCUT2D eigenvalue weighted by atomic mass is 9.78. The molecule has 0 aromatic rings. The van der Waals surface area contributed by atoms with E-state index >= 15 is 0 Å². The molecular formula is C15H30N2O. The lowest BCUT2D eigenvalue weighted by Crippen LogP contribution is -2.53. The Kier molecular flexibility index (Phi) is 5.05. The highest BCUT2D eigenvalue weighted by molar-refractivity contribution is 4.89. The van der Waals surface area contributed by atoms with Crippen LogP contribution in [0.25, 0.3) is 0 Å². The number of aliphatic hydroxyl groups is 1. The van der Waals surface area contributed by atoms with Crippen molar-refractivity contribution in [1.82, 2.24) is 4.90 Å². The summed E-state index contributed by atoms with van der Waals surface area (Å²) >= 11 is 0. The third kappa shape index (κ3) is 3.46. The molecule has 1 aliphatic carbocycles. The van der Waals surface area contributed by atoms with Crippen molar-refractivity contribution < 1.29 is 5.11 Å². The number of piperidine rings is 1. The van der Waals surface area contributed by atoms with Gasteiger partial charge in [0.15, 0.2) is 0 Å². The molecule has 0 spiro atoms. The Morgan fingerprint density at radius 3 is 2.61 bits per heavy atom. The largest absolute Gasteiger partial charge is 0.393 e. The monoisotopic (exact) mass is 254 g/mol. The summed E-state index contributed by atoms with van der Waals surface area (Å²) in [6.07, 6.45) is 6.95. The lowest BCUT2D eigenvalue weighted by molar-refractivity contribution is 0.0395. The van der Waals surface area contributed by atoms with E-state index in [9.17, 15) is 5.11 Å². The minimum Gasteiger partial charge on any atom is -0.393 e. The summed E-state index contributed by atoms with van der Waals surface area (Å²) in [6.45, 7) is 6.62. The van der Waals surface area contributed by atoms with Crippen LogP contribution in [0, 0.1) is 11.8 Å². The van der Waals surface area contributed by atoms with Crippen molar-refractivity contribution in [2.45, 2.75) is 70.6 Å². The fourth-order valence-electron chi connectivity index (χ4n) is 3.56. The summed E-state index contributed by atoms with van der Waals surface area (Å²) in [6, 6.07) is 0.988. The van der Waals surface area contributed by atoms with Crippen molar-refractivity contribution >= 4 is 0 Å². The zero-order chi connectivity index (χ0) is 13.1. The highest BCUT2D eigenvalue weighted by atomic mass is 16.3. The SMILES string of the molecule is CCC(O)CC1CC(N)CN(C(C)C2CCC2)C1. The van der Waals surface area contributed by atoms with Crippen molar-refractivity contribution in [1.29, 1.82) is 0 Å². The molecule has 0 aromatic heterocycles. The Morgan fingerprint density at radius 2 is 2.06 bits per heavy atom. The first kappa shape index (κ1) is 14.3. The number of hydrogen-bond donors (Lipinski definition) is 2. The average Bonchev–Trinajstić information content (AvgIpc) is 2.25. The topological polar surface area (TPSA) is 49.5 Å². The predicted molar refractivity (Wildman–Crippen MR) is 75.4 cm³/mol. The van der Waals surface area contributed by atoms with Crippen LogP contribution in [0.3, 0.4) is 0 Å². The second kappa shape index (κ2) is 6.36. The van der Waals surface area contributed by atoms with E-state index in [0.717, 1.165) is 38.3 Å². The fourth-order valence-corrected chi connectivity index (χ4v) is 3.56. The van der Waals surface area contributed by atoms with Gasteiger partial charge in [0.25, 0.3) is 0 Å². The molecule has 2 rings (SSSR count). The van der Waals surface area contributed by atoms with Crippen molar-refractivity contribution in [3.63, 3.8) is 0 Å². The van der Waals surface area contributed by atoms with Crippen LogP contribution in [0.15, 0.2) is 0 Å². The smallest absolute Gasteiger partial charge is 0.0540 e. The number of nitrogens with zero attached hydrogens (tertiary/aromatic N) is 1. The van der Waals surface area contributed by atoms with E-state index in [1.165, 1.54) is 19.3 Å². The van der Waals surface area contributed by atoms with Gasteiger partial charge in [-0.2, -0.15) is 0 Å². The molecule has 2 aliphatic rings. The fraction of sp³-hybridized carbons (Fsp3) is 1.00. The van der Waals surface area contributed by atoms with Gasteiger partial charge in [0, 0.05) is 25.2 Å². The summed E-state index contributed by atoms with van der Waals surface area (Å²) in [5.41, 5.74) is 6.21. The number of likely N-dealkylation sites (tertiary alicyclic amines) is 1. The highest BCUT2D eigenvalue weighted by Gasteiger charge is 2.33. The van der Waals surface area contributed by atoms with E-state index < -0.39 is 0 Å². The van der Waals surface area contributed by atoms with E-state index in [4.69, 9.17) is 5.73 Å². The van der Waals surface area contributed by atoms with Gasteiger partial charge < -0.3 is 10.8 Å². The van der Waals surface area contributed by atoms with Crippen molar-refractivity contribution in [2.24, 2.45) is 17.6 Å². The van der Waals surface area contributed by atoms with Crippen molar-refractivity contribution in [3.05, 3.63) is 0 Å². The van der Waals surface area contributed by atoms with Gasteiger partial charge in [-0.25, -0.2) is 0 Å². The van der Waals surface area contributed by atoms with Crippen LogP contribution in [0.5, 0.6) is 0 Å². The molecule has 4 atom stereocenters. The molecule has 3 heteroatoms. The maximum Gasteiger partial charge on any atom is 0.0540 e. The third-order valence-electron chi connectivity index (χ3n) is 5.08. The number of hydrogen-bond acceptors (Lipinski definition) is 3. The summed E-state index contributed by atoms with van der Waals surface area (Å²) in [5, 5.41) is 9.83. The molecule has 0 radical (unpaired) electrons. The first-order chi connectivity index (χ1) is 8.60. The Bertz CT molecular complexity index is 255. The summed E-state index contributed by atoms with van der Waals surface area (Å²) in [5.74, 6) is 1.48. The molecule has 1 heterocycles. The normalized spacial score (nSPS) is 34.0. The summed E-state index contributed by atoms with van der Waals surface area (Å²) < 4.78 is 0. The van der Waals surface area contributed by atoms with Gasteiger partial charge in [-0.15, -0.1) is 0 Å². The van der Waals surface area contributed by atoms with Gasteiger partial charge in [-0.1, -0.05) is 13.3 Å². The summed E-state index contributed by atoms with van der Waals surface area (Å²) in [4.78, 5) is 2.59. The van der Waals surface area contributed by atoms with Crippen LogP contribution in [0.2, 0.25) is 0 Å². The molecule has 106 valence electrons. The van der Waals surface area contributed by atoms with E-state index in [1.54, 1.807) is 0 Å². The van der Waals surface area contributed by atoms with E-state index in [0.29, 0.717) is 18.0 Å². The number of aliphatic hydroxyl groups excluding tert-OH is 1. The van der Waals surface area contributed by atoms with Crippen LogP contribution >= 0.6 is 0 Å². The molecule has 1 aliphatic heterocycles. The second-order valence-corrected chi connectivity index (χ2v) is 6.55. The average molecular weight is 254 g/mol. The minimum absolute atomic E-state index is 0.138. The number of rotatable bonds is 5. The number of nitrogens with two attached hydrogens (primary N) is 1. The standard InChI is InChI=1S/C15H30N2O/c1-3-15(18)8-12-7-14(16)10-17(9-12)11(2)13-5-4-6-13/h11-15,18H,3-10,16H2,1-2H3. The first-order valence-electron chi connectivity index (χ1n) is 7.77. The maximum absolute atomic E-state index is 9.83. The molecular weight excluding hydrogens is 224 g/mol. The van der Waals surface area contributed by atoms with Gasteiger partial charge in [0.05, 0.1) is 6.10 Å².